The number of pyridine rings is 1. The summed E-state index contributed by atoms with van der Waals surface area (Å²) in [5.41, 5.74) is 4.85. The minimum Gasteiger partial charge on any atom is -0.394 e. The van der Waals surface area contributed by atoms with E-state index in [0.717, 1.165) is 22.2 Å². The largest absolute Gasteiger partial charge is 0.394 e. The van der Waals surface area contributed by atoms with Gasteiger partial charge in [0.25, 0.3) is 5.91 Å². The number of nitrogens with one attached hydrogen (secondary N) is 2. The van der Waals surface area contributed by atoms with Crippen molar-refractivity contribution in [2.45, 2.75) is 12.6 Å². The van der Waals surface area contributed by atoms with Gasteiger partial charge in [-0.3, -0.25) is 9.78 Å². The Labute approximate surface area is 213 Å². The molecule has 37 heavy (non-hydrogen) atoms. The Bertz CT molecular complexity index is 1500. The molecule has 0 aliphatic carbocycles. The van der Waals surface area contributed by atoms with E-state index in [9.17, 15) is 9.90 Å². The van der Waals surface area contributed by atoms with Crippen LogP contribution in [0.5, 0.6) is 0 Å². The molecule has 9 heteroatoms. The summed E-state index contributed by atoms with van der Waals surface area (Å²) in [6, 6.07) is 23.8. The number of carbonyl (C=O) groups is 1. The van der Waals surface area contributed by atoms with E-state index in [0.29, 0.717) is 29.3 Å². The summed E-state index contributed by atoms with van der Waals surface area (Å²) < 4.78 is 1.78. The standard InChI is InChI=1S/C28H26N6O3/c35-18-23(36)17-31-28(37)22-13-21(15-29-16-22)26-32-27(30-14-19-7-3-1-4-8-19)25-24(11-12-34(25)33-26)20-9-5-2-6-10-20/h1-13,15-16,23,35-36H,14,17-18H2,(H,31,37)(H,30,32,33). The number of aliphatic hydroxyl groups excluding tert-OH is 2. The molecule has 186 valence electrons. The van der Waals surface area contributed by atoms with E-state index in [1.165, 1.54) is 6.20 Å². The molecule has 1 atom stereocenters. The summed E-state index contributed by atoms with van der Waals surface area (Å²) in [4.78, 5) is 21.6. The molecule has 0 bridgehead atoms. The molecular weight excluding hydrogens is 468 g/mol. The predicted octanol–water partition coefficient (Wildman–Crippen LogP) is 3.15. The Balaban J connectivity index is 1.53. The molecule has 2 aromatic carbocycles. The van der Waals surface area contributed by atoms with Gasteiger partial charge in [-0.2, -0.15) is 0 Å². The number of aliphatic hydroxyl groups is 2. The number of carbonyl (C=O) groups excluding carboxylic acids is 1. The molecule has 0 aliphatic rings. The number of aromatic nitrogens is 4. The molecule has 9 nitrogen and oxygen atoms in total. The Hall–Kier alpha value is -4.60. The van der Waals surface area contributed by atoms with Gasteiger partial charge in [-0.15, -0.1) is 5.10 Å². The Morgan fingerprint density at radius 1 is 0.973 bits per heavy atom. The summed E-state index contributed by atoms with van der Waals surface area (Å²) in [5.74, 6) is 0.632. The molecule has 1 unspecified atom stereocenters. The fourth-order valence-corrected chi connectivity index (χ4v) is 3.97. The summed E-state index contributed by atoms with van der Waals surface area (Å²) in [6.07, 6.45) is 3.89. The number of rotatable bonds is 9. The second kappa shape index (κ2) is 11.0. The number of benzene rings is 2. The first kappa shape index (κ1) is 24.1. The highest BCUT2D eigenvalue weighted by atomic mass is 16.3. The molecule has 5 rings (SSSR count). The molecule has 3 heterocycles. The molecular formula is C28H26N6O3. The van der Waals surface area contributed by atoms with Crippen molar-refractivity contribution in [3.63, 3.8) is 0 Å². The lowest BCUT2D eigenvalue weighted by Crippen LogP contribution is -2.33. The minimum absolute atomic E-state index is 0.0682. The maximum absolute atomic E-state index is 12.5. The van der Waals surface area contributed by atoms with E-state index in [2.05, 4.69) is 15.6 Å². The Morgan fingerprint density at radius 2 is 1.73 bits per heavy atom. The van der Waals surface area contributed by atoms with Gasteiger partial charge < -0.3 is 20.8 Å². The smallest absolute Gasteiger partial charge is 0.252 e. The van der Waals surface area contributed by atoms with Crippen LogP contribution in [-0.2, 0) is 6.54 Å². The lowest BCUT2D eigenvalue weighted by molar-refractivity contribution is 0.0802. The van der Waals surface area contributed by atoms with E-state index in [1.54, 1.807) is 16.8 Å². The zero-order valence-electron chi connectivity index (χ0n) is 20.0. The van der Waals surface area contributed by atoms with Gasteiger partial charge in [0.15, 0.2) is 11.6 Å². The van der Waals surface area contributed by atoms with Gasteiger partial charge in [0, 0.05) is 42.8 Å². The lowest BCUT2D eigenvalue weighted by atomic mass is 10.1. The van der Waals surface area contributed by atoms with Crippen molar-refractivity contribution < 1.29 is 15.0 Å². The fourth-order valence-electron chi connectivity index (χ4n) is 3.97. The number of hydrogen-bond donors (Lipinski definition) is 4. The number of nitrogens with zero attached hydrogens (tertiary/aromatic N) is 4. The zero-order valence-corrected chi connectivity index (χ0v) is 20.0. The Kier molecular flexibility index (Phi) is 7.16. The van der Waals surface area contributed by atoms with Crippen LogP contribution in [0.4, 0.5) is 5.82 Å². The number of hydrogen-bond acceptors (Lipinski definition) is 7. The van der Waals surface area contributed by atoms with Crippen molar-refractivity contribution in [3.8, 4) is 22.5 Å². The van der Waals surface area contributed by atoms with Crippen LogP contribution in [0.3, 0.4) is 0 Å². The highest BCUT2D eigenvalue weighted by molar-refractivity contribution is 5.95. The zero-order chi connectivity index (χ0) is 25.6. The molecule has 1 amide bonds. The molecule has 0 radical (unpaired) electrons. The van der Waals surface area contributed by atoms with E-state index in [-0.39, 0.29) is 6.54 Å². The molecule has 4 N–H and O–H groups in total. The first-order chi connectivity index (χ1) is 18.1. The van der Waals surface area contributed by atoms with Gasteiger partial charge in [0.1, 0.15) is 5.52 Å². The van der Waals surface area contributed by atoms with Gasteiger partial charge in [-0.25, -0.2) is 9.50 Å². The maximum Gasteiger partial charge on any atom is 0.252 e. The van der Waals surface area contributed by atoms with E-state index in [1.807, 2.05) is 72.9 Å². The van der Waals surface area contributed by atoms with Gasteiger partial charge in [-0.1, -0.05) is 60.7 Å². The van der Waals surface area contributed by atoms with E-state index in [4.69, 9.17) is 15.2 Å². The van der Waals surface area contributed by atoms with Crippen LogP contribution in [0.15, 0.2) is 91.4 Å². The molecule has 0 saturated heterocycles. The second-order valence-electron chi connectivity index (χ2n) is 8.52. The van der Waals surface area contributed by atoms with Crippen LogP contribution in [-0.4, -0.2) is 55.0 Å². The van der Waals surface area contributed by atoms with Crippen molar-refractivity contribution >= 4 is 17.2 Å². The topological polar surface area (TPSA) is 125 Å². The van der Waals surface area contributed by atoms with Gasteiger partial charge >= 0.3 is 0 Å². The normalized spacial score (nSPS) is 11.8. The molecule has 0 saturated carbocycles. The first-order valence-corrected chi connectivity index (χ1v) is 11.9. The number of amides is 1. The van der Waals surface area contributed by atoms with Crippen molar-refractivity contribution in [3.05, 3.63) is 103 Å². The average Bonchev–Trinajstić information content (AvgIpc) is 3.40. The van der Waals surface area contributed by atoms with Crippen molar-refractivity contribution in [2.75, 3.05) is 18.5 Å². The monoisotopic (exact) mass is 494 g/mol. The summed E-state index contributed by atoms with van der Waals surface area (Å²) in [5, 5.41) is 29.3. The van der Waals surface area contributed by atoms with E-state index >= 15 is 0 Å². The molecule has 3 aromatic heterocycles. The average molecular weight is 495 g/mol. The third-order valence-corrected chi connectivity index (χ3v) is 5.87. The molecule has 5 aromatic rings. The van der Waals surface area contributed by atoms with Crippen LogP contribution in [0, 0.1) is 0 Å². The second-order valence-corrected chi connectivity index (χ2v) is 8.52. The third-order valence-electron chi connectivity index (χ3n) is 5.87. The summed E-state index contributed by atoms with van der Waals surface area (Å²) in [6.45, 7) is 0.0640. The quantitative estimate of drug-likeness (QED) is 0.248. The van der Waals surface area contributed by atoms with Crippen molar-refractivity contribution in [1.82, 2.24) is 24.9 Å². The lowest BCUT2D eigenvalue weighted by Gasteiger charge is -2.12. The minimum atomic E-state index is -1.03. The predicted molar refractivity (Wildman–Crippen MR) is 141 cm³/mol. The van der Waals surface area contributed by atoms with Crippen LogP contribution >= 0.6 is 0 Å². The van der Waals surface area contributed by atoms with Crippen LogP contribution in [0.2, 0.25) is 0 Å². The van der Waals surface area contributed by atoms with Gasteiger partial charge in [0.05, 0.1) is 18.3 Å². The number of fused-ring (bicyclic) bond motifs is 1. The van der Waals surface area contributed by atoms with Crippen molar-refractivity contribution in [2.24, 2.45) is 0 Å². The van der Waals surface area contributed by atoms with Crippen LogP contribution in [0.25, 0.3) is 28.0 Å². The molecule has 0 fully saturated rings. The van der Waals surface area contributed by atoms with Gasteiger partial charge in [-0.05, 0) is 23.3 Å². The fraction of sp³-hybridized carbons (Fsp3) is 0.143. The molecule has 0 aliphatic heterocycles. The first-order valence-electron chi connectivity index (χ1n) is 11.9. The van der Waals surface area contributed by atoms with Crippen LogP contribution in [0.1, 0.15) is 15.9 Å². The third kappa shape index (κ3) is 5.48. The highest BCUT2D eigenvalue weighted by Gasteiger charge is 2.17. The van der Waals surface area contributed by atoms with Gasteiger partial charge in [0.2, 0.25) is 0 Å². The highest BCUT2D eigenvalue weighted by Crippen LogP contribution is 2.31. The number of anilines is 1. The summed E-state index contributed by atoms with van der Waals surface area (Å²) in [7, 11) is 0. The van der Waals surface area contributed by atoms with E-state index < -0.39 is 18.6 Å². The van der Waals surface area contributed by atoms with Crippen LogP contribution < -0.4 is 10.6 Å². The molecule has 0 spiro atoms. The maximum atomic E-state index is 12.5. The van der Waals surface area contributed by atoms with Crippen molar-refractivity contribution in [1.29, 1.82) is 0 Å². The Morgan fingerprint density at radius 3 is 2.49 bits per heavy atom. The SMILES string of the molecule is O=C(NCC(O)CO)c1cncc(-c2nc(NCc3ccccc3)c3c(-c4ccccc4)ccn3n2)c1. The summed E-state index contributed by atoms with van der Waals surface area (Å²) >= 11 is 0.